The van der Waals surface area contributed by atoms with Gasteiger partial charge < -0.3 is 10.6 Å². The molecule has 5 heteroatoms. The number of carbonyl (C=O) groups excluding carboxylic acids is 1. The molecule has 0 saturated carbocycles. The number of rotatable bonds is 3. The average Bonchev–Trinajstić information content (AvgIpc) is 2.57. The molecule has 108 valence electrons. The molecule has 1 amide bonds. The molecule has 5 nitrogen and oxygen atoms in total. The van der Waals surface area contributed by atoms with Crippen molar-refractivity contribution in [3.8, 4) is 11.4 Å². The lowest BCUT2D eigenvalue weighted by atomic mass is 9.97. The zero-order valence-electron chi connectivity index (χ0n) is 11.7. The summed E-state index contributed by atoms with van der Waals surface area (Å²) in [6, 6.07) is 9.78. The number of benzene rings is 1. The van der Waals surface area contributed by atoms with Crippen LogP contribution < -0.4 is 10.6 Å². The summed E-state index contributed by atoms with van der Waals surface area (Å²) in [6.45, 7) is 1.81. The minimum absolute atomic E-state index is 0.0626. The second-order valence-electron chi connectivity index (χ2n) is 5.17. The number of piperidine rings is 1. The van der Waals surface area contributed by atoms with E-state index in [9.17, 15) is 4.79 Å². The van der Waals surface area contributed by atoms with E-state index in [-0.39, 0.29) is 11.8 Å². The maximum absolute atomic E-state index is 12.1. The zero-order valence-corrected chi connectivity index (χ0v) is 11.7. The molecule has 0 unspecified atom stereocenters. The van der Waals surface area contributed by atoms with Crippen molar-refractivity contribution in [2.75, 3.05) is 18.4 Å². The van der Waals surface area contributed by atoms with E-state index in [1.165, 1.54) is 0 Å². The molecule has 2 aromatic rings. The van der Waals surface area contributed by atoms with Gasteiger partial charge in [0.1, 0.15) is 0 Å². The van der Waals surface area contributed by atoms with E-state index < -0.39 is 0 Å². The van der Waals surface area contributed by atoms with E-state index in [2.05, 4.69) is 20.6 Å². The molecule has 3 rings (SSSR count). The third-order valence-corrected chi connectivity index (χ3v) is 3.66. The Balaban J connectivity index is 1.65. The summed E-state index contributed by atoms with van der Waals surface area (Å²) in [7, 11) is 0. The largest absolute Gasteiger partial charge is 0.323 e. The maximum Gasteiger partial charge on any atom is 0.227 e. The Morgan fingerprint density at radius 3 is 2.43 bits per heavy atom. The Bertz CT molecular complexity index is 591. The highest BCUT2D eigenvalue weighted by Gasteiger charge is 2.20. The first kappa shape index (κ1) is 13.7. The number of hydrogen-bond acceptors (Lipinski definition) is 4. The summed E-state index contributed by atoms with van der Waals surface area (Å²) in [5.41, 5.74) is 1.62. The van der Waals surface area contributed by atoms with Crippen molar-refractivity contribution >= 4 is 11.6 Å². The molecule has 1 saturated heterocycles. The highest BCUT2D eigenvalue weighted by atomic mass is 16.1. The molecule has 2 heterocycles. The Morgan fingerprint density at radius 1 is 1.10 bits per heavy atom. The molecule has 0 radical (unpaired) electrons. The van der Waals surface area contributed by atoms with Gasteiger partial charge in [-0.05, 0) is 25.9 Å². The van der Waals surface area contributed by atoms with Crippen molar-refractivity contribution in [1.29, 1.82) is 0 Å². The number of anilines is 1. The van der Waals surface area contributed by atoms with Crippen LogP contribution in [0.15, 0.2) is 42.7 Å². The van der Waals surface area contributed by atoms with Crippen molar-refractivity contribution < 1.29 is 4.79 Å². The SMILES string of the molecule is O=C(Nc1cnc(-c2ccccc2)nc1)C1CCNCC1. The fraction of sp³-hybridized carbons (Fsp3) is 0.312. The smallest absolute Gasteiger partial charge is 0.227 e. The summed E-state index contributed by atoms with van der Waals surface area (Å²) in [4.78, 5) is 20.7. The number of nitrogens with one attached hydrogen (secondary N) is 2. The normalized spacial score (nSPS) is 15.6. The Hall–Kier alpha value is -2.27. The van der Waals surface area contributed by atoms with Crippen molar-refractivity contribution in [1.82, 2.24) is 15.3 Å². The van der Waals surface area contributed by atoms with Crippen LogP contribution in [-0.2, 0) is 4.79 Å². The number of aromatic nitrogens is 2. The second kappa shape index (κ2) is 6.45. The van der Waals surface area contributed by atoms with Crippen LogP contribution in [0.2, 0.25) is 0 Å². The van der Waals surface area contributed by atoms with E-state index in [4.69, 9.17) is 0 Å². The molecule has 0 bridgehead atoms. The molecule has 1 aromatic heterocycles. The van der Waals surface area contributed by atoms with Crippen LogP contribution in [0.5, 0.6) is 0 Å². The second-order valence-corrected chi connectivity index (χ2v) is 5.17. The lowest BCUT2D eigenvalue weighted by Gasteiger charge is -2.21. The summed E-state index contributed by atoms with van der Waals surface area (Å²) < 4.78 is 0. The Labute approximate surface area is 123 Å². The molecule has 1 fully saturated rings. The monoisotopic (exact) mass is 282 g/mol. The number of hydrogen-bond donors (Lipinski definition) is 2. The fourth-order valence-corrected chi connectivity index (χ4v) is 2.46. The van der Waals surface area contributed by atoms with Crippen LogP contribution in [-0.4, -0.2) is 29.0 Å². The quantitative estimate of drug-likeness (QED) is 0.904. The molecule has 1 aliphatic heterocycles. The molecule has 0 aliphatic carbocycles. The van der Waals surface area contributed by atoms with Crippen molar-refractivity contribution in [2.24, 2.45) is 5.92 Å². The van der Waals surface area contributed by atoms with Crippen LogP contribution in [0.4, 0.5) is 5.69 Å². The Kier molecular flexibility index (Phi) is 4.21. The molecule has 0 atom stereocenters. The Morgan fingerprint density at radius 2 is 1.76 bits per heavy atom. The third-order valence-electron chi connectivity index (χ3n) is 3.66. The minimum atomic E-state index is 0.0626. The van der Waals surface area contributed by atoms with Gasteiger partial charge in [-0.15, -0.1) is 0 Å². The standard InChI is InChI=1S/C16H18N4O/c21-16(13-6-8-17-9-7-13)20-14-10-18-15(19-11-14)12-4-2-1-3-5-12/h1-5,10-11,13,17H,6-9H2,(H,20,21). The van der Waals surface area contributed by atoms with Crippen molar-refractivity contribution in [3.63, 3.8) is 0 Å². The number of amides is 1. The van der Waals surface area contributed by atoms with Gasteiger partial charge in [0.25, 0.3) is 0 Å². The van der Waals surface area contributed by atoms with Crippen molar-refractivity contribution in [2.45, 2.75) is 12.8 Å². The van der Waals surface area contributed by atoms with Gasteiger partial charge in [-0.2, -0.15) is 0 Å². The third kappa shape index (κ3) is 3.44. The molecule has 1 aliphatic rings. The molecule has 21 heavy (non-hydrogen) atoms. The van der Waals surface area contributed by atoms with Gasteiger partial charge in [0.15, 0.2) is 5.82 Å². The summed E-state index contributed by atoms with van der Waals surface area (Å²) in [5, 5.41) is 6.15. The van der Waals surface area contributed by atoms with E-state index in [0.717, 1.165) is 31.5 Å². The van der Waals surface area contributed by atoms with Crippen LogP contribution >= 0.6 is 0 Å². The van der Waals surface area contributed by atoms with Crippen LogP contribution in [0.3, 0.4) is 0 Å². The topological polar surface area (TPSA) is 66.9 Å². The van der Waals surface area contributed by atoms with Crippen LogP contribution in [0.25, 0.3) is 11.4 Å². The van der Waals surface area contributed by atoms with Gasteiger partial charge >= 0.3 is 0 Å². The number of carbonyl (C=O) groups is 1. The number of nitrogens with zero attached hydrogens (tertiary/aromatic N) is 2. The van der Waals surface area contributed by atoms with Gasteiger partial charge in [0, 0.05) is 11.5 Å². The van der Waals surface area contributed by atoms with Gasteiger partial charge in [0.05, 0.1) is 18.1 Å². The first-order valence-corrected chi connectivity index (χ1v) is 7.22. The van der Waals surface area contributed by atoms with E-state index in [0.29, 0.717) is 11.5 Å². The summed E-state index contributed by atoms with van der Waals surface area (Å²) in [6.07, 6.45) is 5.09. The minimum Gasteiger partial charge on any atom is -0.323 e. The predicted octanol–water partition coefficient (Wildman–Crippen LogP) is 2.08. The lowest BCUT2D eigenvalue weighted by molar-refractivity contribution is -0.120. The molecule has 2 N–H and O–H groups in total. The summed E-state index contributed by atoms with van der Waals surface area (Å²) in [5.74, 6) is 0.808. The van der Waals surface area contributed by atoms with Crippen molar-refractivity contribution in [3.05, 3.63) is 42.7 Å². The summed E-state index contributed by atoms with van der Waals surface area (Å²) >= 11 is 0. The first-order valence-electron chi connectivity index (χ1n) is 7.22. The van der Waals surface area contributed by atoms with E-state index in [1.54, 1.807) is 12.4 Å². The first-order chi connectivity index (χ1) is 10.3. The predicted molar refractivity (Wildman–Crippen MR) is 81.7 cm³/mol. The highest BCUT2D eigenvalue weighted by Crippen LogP contribution is 2.17. The van der Waals surface area contributed by atoms with E-state index in [1.807, 2.05) is 30.3 Å². The van der Waals surface area contributed by atoms with E-state index >= 15 is 0 Å². The fourth-order valence-electron chi connectivity index (χ4n) is 2.46. The molecule has 0 spiro atoms. The zero-order chi connectivity index (χ0) is 14.5. The van der Waals surface area contributed by atoms with Gasteiger partial charge in [-0.1, -0.05) is 30.3 Å². The maximum atomic E-state index is 12.1. The molecular weight excluding hydrogens is 264 g/mol. The van der Waals surface area contributed by atoms with Crippen LogP contribution in [0, 0.1) is 5.92 Å². The highest BCUT2D eigenvalue weighted by molar-refractivity contribution is 5.92. The van der Waals surface area contributed by atoms with Crippen LogP contribution in [0.1, 0.15) is 12.8 Å². The van der Waals surface area contributed by atoms with Gasteiger partial charge in [-0.25, -0.2) is 9.97 Å². The van der Waals surface area contributed by atoms with Gasteiger partial charge in [0.2, 0.25) is 5.91 Å². The van der Waals surface area contributed by atoms with Gasteiger partial charge in [-0.3, -0.25) is 4.79 Å². The average molecular weight is 282 g/mol. The molecular formula is C16H18N4O. The lowest BCUT2D eigenvalue weighted by Crippen LogP contribution is -2.34. The molecule has 1 aromatic carbocycles.